The fourth-order valence-electron chi connectivity index (χ4n) is 2.72. The normalized spacial score (nSPS) is 12.4. The summed E-state index contributed by atoms with van der Waals surface area (Å²) in [7, 11) is -4.09. The Kier molecular flexibility index (Phi) is 7.10. The lowest BCUT2D eigenvalue weighted by Gasteiger charge is -2.19. The lowest BCUT2D eigenvalue weighted by Crippen LogP contribution is -2.45. The number of carbonyl (C=O) groups excluding carboxylic acids is 1. The summed E-state index contributed by atoms with van der Waals surface area (Å²) >= 11 is 12.1. The SMILES string of the molecule is O=C(Nc1cc(Cl)ccc1Cl)[C@@H](Cc1ccccc1)NS(=O)(=O)c1ccc(F)cc1. The second-order valence-corrected chi connectivity index (χ2v) is 8.99. The van der Waals surface area contributed by atoms with Gasteiger partial charge in [0.05, 0.1) is 15.6 Å². The second kappa shape index (κ2) is 9.57. The standard InChI is InChI=1S/C21H17Cl2FN2O3S/c22-15-6-11-18(23)19(13-15)25-21(27)20(12-14-4-2-1-3-5-14)26-30(28,29)17-9-7-16(24)8-10-17/h1-11,13,20,26H,12H2,(H,25,27)/t20-/m1/s1. The molecular weight excluding hydrogens is 450 g/mol. The Morgan fingerprint density at radius 3 is 2.30 bits per heavy atom. The third-order valence-corrected chi connectivity index (χ3v) is 6.26. The number of benzene rings is 3. The van der Waals surface area contributed by atoms with E-state index in [0.29, 0.717) is 5.02 Å². The van der Waals surface area contributed by atoms with Crippen LogP contribution in [0.3, 0.4) is 0 Å². The Bertz CT molecular complexity index is 1140. The van der Waals surface area contributed by atoms with Crippen LogP contribution >= 0.6 is 23.2 Å². The monoisotopic (exact) mass is 466 g/mol. The van der Waals surface area contributed by atoms with Crippen LogP contribution in [-0.2, 0) is 21.2 Å². The Balaban J connectivity index is 1.88. The summed E-state index contributed by atoms with van der Waals surface area (Å²) in [6.07, 6.45) is 0.0886. The summed E-state index contributed by atoms with van der Waals surface area (Å²) in [5.74, 6) is -1.18. The summed E-state index contributed by atoms with van der Waals surface area (Å²) in [5, 5.41) is 3.23. The molecule has 0 heterocycles. The van der Waals surface area contributed by atoms with Crippen LogP contribution in [0.25, 0.3) is 0 Å². The van der Waals surface area contributed by atoms with Crippen molar-refractivity contribution in [2.24, 2.45) is 0 Å². The fourth-order valence-corrected chi connectivity index (χ4v) is 4.25. The molecule has 0 aliphatic heterocycles. The number of nitrogens with one attached hydrogen (secondary N) is 2. The van der Waals surface area contributed by atoms with Crippen LogP contribution in [0.1, 0.15) is 5.56 Å². The number of carbonyl (C=O) groups is 1. The third-order valence-electron chi connectivity index (χ3n) is 4.21. The maximum absolute atomic E-state index is 13.2. The molecule has 30 heavy (non-hydrogen) atoms. The van der Waals surface area contributed by atoms with Gasteiger partial charge in [0.25, 0.3) is 0 Å². The molecule has 9 heteroatoms. The first-order chi connectivity index (χ1) is 14.2. The molecule has 3 aromatic rings. The van der Waals surface area contributed by atoms with E-state index in [-0.39, 0.29) is 22.0 Å². The summed E-state index contributed by atoms with van der Waals surface area (Å²) in [6.45, 7) is 0. The third kappa shape index (κ3) is 5.79. The van der Waals surface area contributed by atoms with Gasteiger partial charge in [-0.15, -0.1) is 0 Å². The van der Waals surface area contributed by atoms with Crippen molar-refractivity contribution in [3.05, 3.63) is 94.2 Å². The van der Waals surface area contributed by atoms with Crippen LogP contribution in [-0.4, -0.2) is 20.4 Å². The number of hydrogen-bond acceptors (Lipinski definition) is 3. The zero-order chi connectivity index (χ0) is 21.7. The lowest BCUT2D eigenvalue weighted by molar-refractivity contribution is -0.117. The van der Waals surface area contributed by atoms with Crippen molar-refractivity contribution in [3.63, 3.8) is 0 Å². The van der Waals surface area contributed by atoms with E-state index in [1.807, 2.05) is 6.07 Å². The Labute approximate surface area is 183 Å². The van der Waals surface area contributed by atoms with E-state index in [9.17, 15) is 17.6 Å². The molecule has 0 radical (unpaired) electrons. The van der Waals surface area contributed by atoms with Crippen molar-refractivity contribution in [1.29, 1.82) is 0 Å². The maximum Gasteiger partial charge on any atom is 0.242 e. The van der Waals surface area contributed by atoms with Crippen molar-refractivity contribution in [2.45, 2.75) is 17.4 Å². The zero-order valence-corrected chi connectivity index (χ0v) is 17.8. The molecule has 0 fully saturated rings. The molecule has 1 atom stereocenters. The molecular formula is C21H17Cl2FN2O3S. The van der Waals surface area contributed by atoms with E-state index >= 15 is 0 Å². The lowest BCUT2D eigenvalue weighted by atomic mass is 10.1. The van der Waals surface area contributed by atoms with E-state index in [1.54, 1.807) is 30.3 Å². The molecule has 1 amide bonds. The second-order valence-electron chi connectivity index (χ2n) is 6.43. The number of anilines is 1. The van der Waals surface area contributed by atoms with Gasteiger partial charge in [0.15, 0.2) is 0 Å². The molecule has 0 aliphatic carbocycles. The number of halogens is 3. The number of rotatable bonds is 7. The predicted molar refractivity (Wildman–Crippen MR) is 116 cm³/mol. The molecule has 0 saturated carbocycles. The molecule has 3 rings (SSSR count). The predicted octanol–water partition coefficient (Wildman–Crippen LogP) is 4.66. The van der Waals surface area contributed by atoms with Gasteiger partial charge in [-0.3, -0.25) is 4.79 Å². The number of hydrogen-bond donors (Lipinski definition) is 2. The van der Waals surface area contributed by atoms with Gasteiger partial charge in [0.2, 0.25) is 15.9 Å². The van der Waals surface area contributed by atoms with Crippen molar-refractivity contribution >= 4 is 44.8 Å². The van der Waals surface area contributed by atoms with E-state index in [2.05, 4.69) is 10.0 Å². The minimum absolute atomic E-state index is 0.0886. The van der Waals surface area contributed by atoms with Gasteiger partial charge in [-0.05, 0) is 54.4 Å². The van der Waals surface area contributed by atoms with Crippen molar-refractivity contribution in [3.8, 4) is 0 Å². The van der Waals surface area contributed by atoms with E-state index in [1.165, 1.54) is 12.1 Å². The molecule has 5 nitrogen and oxygen atoms in total. The minimum Gasteiger partial charge on any atom is -0.323 e. The number of sulfonamides is 1. The van der Waals surface area contributed by atoms with Crippen LogP contribution in [0.4, 0.5) is 10.1 Å². The molecule has 3 aromatic carbocycles. The van der Waals surface area contributed by atoms with E-state index < -0.39 is 27.8 Å². The smallest absolute Gasteiger partial charge is 0.242 e. The highest BCUT2D eigenvalue weighted by Crippen LogP contribution is 2.26. The Morgan fingerprint density at radius 2 is 1.63 bits per heavy atom. The average Bonchev–Trinajstić information content (AvgIpc) is 2.71. The quantitative estimate of drug-likeness (QED) is 0.531. The molecule has 0 saturated heterocycles. The topological polar surface area (TPSA) is 75.3 Å². The highest BCUT2D eigenvalue weighted by atomic mass is 35.5. The van der Waals surface area contributed by atoms with Crippen LogP contribution in [0.5, 0.6) is 0 Å². The van der Waals surface area contributed by atoms with Gasteiger partial charge in [0, 0.05) is 5.02 Å². The minimum atomic E-state index is -4.09. The highest BCUT2D eigenvalue weighted by molar-refractivity contribution is 7.89. The van der Waals surface area contributed by atoms with Crippen LogP contribution in [0.2, 0.25) is 10.0 Å². The van der Waals surface area contributed by atoms with Crippen molar-refractivity contribution in [1.82, 2.24) is 4.72 Å². The van der Waals surface area contributed by atoms with Gasteiger partial charge >= 0.3 is 0 Å². The average molecular weight is 467 g/mol. The summed E-state index contributed by atoms with van der Waals surface area (Å²) in [4.78, 5) is 12.8. The molecule has 156 valence electrons. The van der Waals surface area contributed by atoms with Gasteiger partial charge in [-0.2, -0.15) is 4.72 Å². The summed E-state index contributed by atoms with van der Waals surface area (Å²) < 4.78 is 41.1. The molecule has 0 aromatic heterocycles. The Morgan fingerprint density at radius 1 is 0.967 bits per heavy atom. The zero-order valence-electron chi connectivity index (χ0n) is 15.5. The largest absolute Gasteiger partial charge is 0.323 e. The van der Waals surface area contributed by atoms with Gasteiger partial charge in [-0.1, -0.05) is 53.5 Å². The first kappa shape index (κ1) is 22.2. The maximum atomic E-state index is 13.2. The fraction of sp³-hybridized carbons (Fsp3) is 0.0952. The van der Waals surface area contributed by atoms with Gasteiger partial charge in [-0.25, -0.2) is 12.8 Å². The van der Waals surface area contributed by atoms with Gasteiger partial charge in [0.1, 0.15) is 11.9 Å². The molecule has 2 N–H and O–H groups in total. The molecule has 0 bridgehead atoms. The number of amides is 1. The highest BCUT2D eigenvalue weighted by Gasteiger charge is 2.26. The summed E-state index contributed by atoms with van der Waals surface area (Å²) in [6, 6.07) is 16.7. The van der Waals surface area contributed by atoms with Crippen molar-refractivity contribution < 1.29 is 17.6 Å². The van der Waals surface area contributed by atoms with Gasteiger partial charge < -0.3 is 5.32 Å². The first-order valence-electron chi connectivity index (χ1n) is 8.82. The van der Waals surface area contributed by atoms with Crippen LogP contribution in [0.15, 0.2) is 77.7 Å². The van der Waals surface area contributed by atoms with Crippen LogP contribution < -0.4 is 10.0 Å². The summed E-state index contributed by atoms with van der Waals surface area (Å²) in [5.41, 5.74) is 1.00. The van der Waals surface area contributed by atoms with E-state index in [4.69, 9.17) is 23.2 Å². The molecule has 0 aliphatic rings. The van der Waals surface area contributed by atoms with Crippen molar-refractivity contribution in [2.75, 3.05) is 5.32 Å². The van der Waals surface area contributed by atoms with Crippen LogP contribution in [0, 0.1) is 5.82 Å². The molecule has 0 spiro atoms. The van der Waals surface area contributed by atoms with E-state index in [0.717, 1.165) is 29.8 Å². The Hall–Kier alpha value is -2.45. The molecule has 0 unspecified atom stereocenters. The first-order valence-corrected chi connectivity index (χ1v) is 11.1.